The SMILES string of the molecule is COc1ccc(F)cc1C(=O)C1CCNCC1. The molecule has 0 amide bonds. The van der Waals surface area contributed by atoms with Crippen LogP contribution >= 0.6 is 0 Å². The molecule has 1 aliphatic heterocycles. The first-order valence-electron chi connectivity index (χ1n) is 5.81. The summed E-state index contributed by atoms with van der Waals surface area (Å²) >= 11 is 0. The lowest BCUT2D eigenvalue weighted by molar-refractivity contribution is 0.0891. The van der Waals surface area contributed by atoms with Crippen molar-refractivity contribution in [3.63, 3.8) is 0 Å². The van der Waals surface area contributed by atoms with Gasteiger partial charge in [0.1, 0.15) is 11.6 Å². The molecule has 3 nitrogen and oxygen atoms in total. The maximum absolute atomic E-state index is 13.2. The van der Waals surface area contributed by atoms with Gasteiger partial charge in [0.05, 0.1) is 12.7 Å². The third kappa shape index (κ3) is 2.64. The predicted octanol–water partition coefficient (Wildman–Crippen LogP) is 2.02. The highest BCUT2D eigenvalue weighted by atomic mass is 19.1. The van der Waals surface area contributed by atoms with Crippen LogP contribution in [0.1, 0.15) is 23.2 Å². The summed E-state index contributed by atoms with van der Waals surface area (Å²) in [6.07, 6.45) is 1.61. The molecular formula is C13H16FNO2. The van der Waals surface area contributed by atoms with Crippen LogP contribution in [0, 0.1) is 11.7 Å². The summed E-state index contributed by atoms with van der Waals surface area (Å²) in [7, 11) is 1.49. The van der Waals surface area contributed by atoms with Gasteiger partial charge in [0.15, 0.2) is 5.78 Å². The van der Waals surface area contributed by atoms with Crippen molar-refractivity contribution in [1.29, 1.82) is 0 Å². The van der Waals surface area contributed by atoms with Gasteiger partial charge < -0.3 is 10.1 Å². The molecule has 1 aromatic rings. The van der Waals surface area contributed by atoms with Crippen molar-refractivity contribution >= 4 is 5.78 Å². The zero-order chi connectivity index (χ0) is 12.3. The van der Waals surface area contributed by atoms with E-state index in [1.165, 1.54) is 25.3 Å². The van der Waals surface area contributed by atoms with Crippen LogP contribution in [0.15, 0.2) is 18.2 Å². The normalized spacial score (nSPS) is 16.8. The quantitative estimate of drug-likeness (QED) is 0.817. The van der Waals surface area contributed by atoms with Gasteiger partial charge in [-0.15, -0.1) is 0 Å². The van der Waals surface area contributed by atoms with E-state index < -0.39 is 5.82 Å². The minimum absolute atomic E-state index is 0.0112. The second-order valence-electron chi connectivity index (χ2n) is 4.23. The van der Waals surface area contributed by atoms with E-state index in [1.807, 2.05) is 0 Å². The zero-order valence-corrected chi connectivity index (χ0v) is 9.83. The molecule has 0 atom stereocenters. The first-order valence-corrected chi connectivity index (χ1v) is 5.81. The number of carbonyl (C=O) groups is 1. The number of methoxy groups -OCH3 is 1. The smallest absolute Gasteiger partial charge is 0.169 e. The summed E-state index contributed by atoms with van der Waals surface area (Å²) in [5, 5.41) is 3.20. The average molecular weight is 237 g/mol. The molecule has 1 aromatic carbocycles. The van der Waals surface area contributed by atoms with Gasteiger partial charge in [-0.2, -0.15) is 0 Å². The average Bonchev–Trinajstić information content (AvgIpc) is 2.39. The molecule has 17 heavy (non-hydrogen) atoms. The van der Waals surface area contributed by atoms with Gasteiger partial charge in [0.2, 0.25) is 0 Å². The Balaban J connectivity index is 2.25. The van der Waals surface area contributed by atoms with Crippen molar-refractivity contribution in [1.82, 2.24) is 5.32 Å². The van der Waals surface area contributed by atoms with Crippen molar-refractivity contribution in [3.05, 3.63) is 29.6 Å². The fourth-order valence-electron chi connectivity index (χ4n) is 2.18. The Bertz CT molecular complexity index is 414. The number of hydrogen-bond acceptors (Lipinski definition) is 3. The van der Waals surface area contributed by atoms with Crippen LogP contribution in [0.4, 0.5) is 4.39 Å². The van der Waals surface area contributed by atoms with Gasteiger partial charge in [0.25, 0.3) is 0 Å². The van der Waals surface area contributed by atoms with Gasteiger partial charge in [-0.05, 0) is 44.1 Å². The number of hydrogen-bond donors (Lipinski definition) is 1. The van der Waals surface area contributed by atoms with Crippen LogP contribution in [0.25, 0.3) is 0 Å². The summed E-state index contributed by atoms with van der Waals surface area (Å²) in [5.74, 6) is 0.0211. The monoisotopic (exact) mass is 237 g/mol. The van der Waals surface area contributed by atoms with E-state index in [0.717, 1.165) is 25.9 Å². The molecule has 0 spiro atoms. The molecule has 1 N–H and O–H groups in total. The Kier molecular flexibility index (Phi) is 3.74. The number of Topliss-reactive ketones (excluding diaryl/α,β-unsaturated/α-hetero) is 1. The van der Waals surface area contributed by atoms with Crippen molar-refractivity contribution in [2.45, 2.75) is 12.8 Å². The van der Waals surface area contributed by atoms with Crippen LogP contribution in [0.3, 0.4) is 0 Å². The van der Waals surface area contributed by atoms with Gasteiger partial charge in [-0.3, -0.25) is 4.79 Å². The highest BCUT2D eigenvalue weighted by molar-refractivity contribution is 6.00. The Morgan fingerprint density at radius 2 is 2.12 bits per heavy atom. The maximum atomic E-state index is 13.2. The molecule has 0 saturated carbocycles. The molecule has 0 aromatic heterocycles. The molecule has 1 saturated heterocycles. The van der Waals surface area contributed by atoms with E-state index in [9.17, 15) is 9.18 Å². The minimum Gasteiger partial charge on any atom is -0.496 e. The van der Waals surface area contributed by atoms with E-state index in [2.05, 4.69) is 5.32 Å². The van der Waals surface area contributed by atoms with Crippen LogP contribution in [-0.2, 0) is 0 Å². The maximum Gasteiger partial charge on any atom is 0.169 e. The third-order valence-corrected chi connectivity index (χ3v) is 3.14. The largest absolute Gasteiger partial charge is 0.496 e. The van der Waals surface area contributed by atoms with Crippen molar-refractivity contribution in [2.75, 3.05) is 20.2 Å². The van der Waals surface area contributed by atoms with E-state index in [4.69, 9.17) is 4.74 Å². The summed E-state index contributed by atoms with van der Waals surface area (Å²) < 4.78 is 18.3. The number of ether oxygens (including phenoxy) is 1. The fourth-order valence-corrected chi connectivity index (χ4v) is 2.18. The fraction of sp³-hybridized carbons (Fsp3) is 0.462. The molecular weight excluding hydrogens is 221 g/mol. The minimum atomic E-state index is -0.400. The Morgan fingerprint density at radius 3 is 2.76 bits per heavy atom. The second-order valence-corrected chi connectivity index (χ2v) is 4.23. The van der Waals surface area contributed by atoms with Crippen molar-refractivity contribution < 1.29 is 13.9 Å². The molecule has 0 aliphatic carbocycles. The summed E-state index contributed by atoms with van der Waals surface area (Å²) in [6.45, 7) is 1.68. The first-order chi connectivity index (χ1) is 8.22. The van der Waals surface area contributed by atoms with Gasteiger partial charge in [-0.25, -0.2) is 4.39 Å². The second kappa shape index (κ2) is 5.27. The van der Waals surface area contributed by atoms with Crippen LogP contribution in [0.5, 0.6) is 5.75 Å². The molecule has 1 aliphatic rings. The lowest BCUT2D eigenvalue weighted by Gasteiger charge is -2.22. The number of carbonyl (C=O) groups excluding carboxylic acids is 1. The summed E-state index contributed by atoms with van der Waals surface area (Å²) in [4.78, 5) is 12.3. The van der Waals surface area contributed by atoms with Gasteiger partial charge >= 0.3 is 0 Å². The standard InChI is InChI=1S/C13H16FNO2/c1-17-12-3-2-10(14)8-11(12)13(16)9-4-6-15-7-5-9/h2-3,8-9,15H,4-7H2,1H3. The number of piperidine rings is 1. The Hall–Kier alpha value is -1.42. The molecule has 0 unspecified atom stereocenters. The molecule has 4 heteroatoms. The van der Waals surface area contributed by atoms with Crippen LogP contribution in [-0.4, -0.2) is 26.0 Å². The van der Waals surface area contributed by atoms with Crippen molar-refractivity contribution in [2.24, 2.45) is 5.92 Å². The zero-order valence-electron chi connectivity index (χ0n) is 9.83. The topological polar surface area (TPSA) is 38.3 Å². The van der Waals surface area contributed by atoms with Crippen LogP contribution in [0.2, 0.25) is 0 Å². The van der Waals surface area contributed by atoms with Crippen molar-refractivity contribution in [3.8, 4) is 5.75 Å². The number of benzene rings is 1. The molecule has 0 bridgehead atoms. The summed E-state index contributed by atoms with van der Waals surface area (Å²) in [5.41, 5.74) is 0.361. The van der Waals surface area contributed by atoms with E-state index in [-0.39, 0.29) is 11.7 Å². The highest BCUT2D eigenvalue weighted by Crippen LogP contribution is 2.25. The van der Waals surface area contributed by atoms with E-state index in [1.54, 1.807) is 0 Å². The van der Waals surface area contributed by atoms with Crippen LogP contribution < -0.4 is 10.1 Å². The lowest BCUT2D eigenvalue weighted by atomic mass is 9.89. The number of halogens is 1. The lowest BCUT2D eigenvalue weighted by Crippen LogP contribution is -2.32. The molecule has 1 fully saturated rings. The molecule has 0 radical (unpaired) electrons. The van der Waals surface area contributed by atoms with E-state index in [0.29, 0.717) is 11.3 Å². The molecule has 92 valence electrons. The Morgan fingerprint density at radius 1 is 1.41 bits per heavy atom. The number of nitrogens with one attached hydrogen (secondary N) is 1. The Labute approximate surface area is 100.0 Å². The van der Waals surface area contributed by atoms with Gasteiger partial charge in [-0.1, -0.05) is 0 Å². The molecule has 2 rings (SSSR count). The van der Waals surface area contributed by atoms with Gasteiger partial charge in [0, 0.05) is 5.92 Å². The van der Waals surface area contributed by atoms with E-state index >= 15 is 0 Å². The number of ketones is 1. The highest BCUT2D eigenvalue weighted by Gasteiger charge is 2.24. The first kappa shape index (κ1) is 12.0. The third-order valence-electron chi connectivity index (χ3n) is 3.14. The predicted molar refractivity (Wildman–Crippen MR) is 62.9 cm³/mol. The number of rotatable bonds is 3. The molecule has 1 heterocycles. The summed E-state index contributed by atoms with van der Waals surface area (Å²) in [6, 6.07) is 4.07.